The largest absolute Gasteiger partial charge is 0.356 e. The van der Waals surface area contributed by atoms with Crippen molar-refractivity contribution < 1.29 is 9.59 Å². The molecule has 6 nitrogen and oxygen atoms in total. The predicted molar refractivity (Wildman–Crippen MR) is 89.1 cm³/mol. The van der Waals surface area contributed by atoms with Crippen LogP contribution in [0.1, 0.15) is 13.3 Å². The van der Waals surface area contributed by atoms with Crippen LogP contribution in [0.3, 0.4) is 0 Å². The summed E-state index contributed by atoms with van der Waals surface area (Å²) in [7, 11) is 0. The van der Waals surface area contributed by atoms with E-state index in [-0.39, 0.29) is 17.9 Å². The molecule has 6 heteroatoms. The van der Waals surface area contributed by atoms with Gasteiger partial charge in [-0.05, 0) is 37.6 Å². The number of benzene rings is 1. The number of hydrogen-bond donors (Lipinski definition) is 2. The number of anilines is 1. The minimum Gasteiger partial charge on any atom is -0.356 e. The van der Waals surface area contributed by atoms with E-state index >= 15 is 0 Å². The second kappa shape index (κ2) is 6.64. The standard InChI is InChI=1S/C17H20N4O2/c1-2-18-16(22)13-7-9-21(11-13)17(23)20-14-5-6-15-12(10-14)4-3-8-19-15/h3-6,8,10,13H,2,7,9,11H2,1H3,(H,18,22)(H,20,23)/t13-/m0/s1. The fourth-order valence-electron chi connectivity index (χ4n) is 2.83. The lowest BCUT2D eigenvalue weighted by atomic mass is 10.1. The zero-order chi connectivity index (χ0) is 16.2. The van der Waals surface area contributed by atoms with Gasteiger partial charge >= 0.3 is 6.03 Å². The summed E-state index contributed by atoms with van der Waals surface area (Å²) in [5.41, 5.74) is 1.62. The van der Waals surface area contributed by atoms with Gasteiger partial charge in [0.1, 0.15) is 0 Å². The van der Waals surface area contributed by atoms with E-state index in [2.05, 4.69) is 15.6 Å². The third-order valence-corrected chi connectivity index (χ3v) is 4.05. The van der Waals surface area contributed by atoms with Gasteiger partial charge in [0, 0.05) is 36.9 Å². The lowest BCUT2D eigenvalue weighted by Crippen LogP contribution is -2.36. The van der Waals surface area contributed by atoms with E-state index in [4.69, 9.17) is 0 Å². The van der Waals surface area contributed by atoms with Crippen LogP contribution in [0.4, 0.5) is 10.5 Å². The van der Waals surface area contributed by atoms with E-state index in [0.29, 0.717) is 26.1 Å². The molecule has 1 aliphatic rings. The van der Waals surface area contributed by atoms with Gasteiger partial charge < -0.3 is 15.5 Å². The predicted octanol–water partition coefficient (Wildman–Crippen LogP) is 2.22. The fourth-order valence-corrected chi connectivity index (χ4v) is 2.83. The van der Waals surface area contributed by atoms with Crippen LogP contribution in [0, 0.1) is 5.92 Å². The Hall–Kier alpha value is -2.63. The van der Waals surface area contributed by atoms with Crippen LogP contribution in [0.5, 0.6) is 0 Å². The number of aromatic nitrogens is 1. The van der Waals surface area contributed by atoms with Gasteiger partial charge in [-0.3, -0.25) is 9.78 Å². The maximum atomic E-state index is 12.3. The number of carbonyl (C=O) groups is 2. The van der Waals surface area contributed by atoms with Crippen LogP contribution in [-0.4, -0.2) is 41.5 Å². The maximum Gasteiger partial charge on any atom is 0.321 e. The Morgan fingerprint density at radius 1 is 1.35 bits per heavy atom. The zero-order valence-corrected chi connectivity index (χ0v) is 13.1. The van der Waals surface area contributed by atoms with Crippen LogP contribution in [0.2, 0.25) is 0 Å². The van der Waals surface area contributed by atoms with Crippen LogP contribution in [-0.2, 0) is 4.79 Å². The van der Waals surface area contributed by atoms with E-state index in [1.807, 2.05) is 37.3 Å². The summed E-state index contributed by atoms with van der Waals surface area (Å²) in [6, 6.07) is 9.28. The Balaban J connectivity index is 1.63. The number of hydrogen-bond acceptors (Lipinski definition) is 3. The van der Waals surface area contributed by atoms with E-state index in [9.17, 15) is 9.59 Å². The molecule has 3 rings (SSSR count). The van der Waals surface area contributed by atoms with Crippen molar-refractivity contribution in [2.24, 2.45) is 5.92 Å². The molecule has 23 heavy (non-hydrogen) atoms. The SMILES string of the molecule is CCNC(=O)[C@H]1CCN(C(=O)Nc2ccc3ncccc3c2)C1. The fraction of sp³-hybridized carbons (Fsp3) is 0.353. The molecule has 1 fully saturated rings. The third kappa shape index (κ3) is 3.41. The number of rotatable bonds is 3. The third-order valence-electron chi connectivity index (χ3n) is 4.05. The lowest BCUT2D eigenvalue weighted by molar-refractivity contribution is -0.124. The molecule has 2 heterocycles. The first kappa shape index (κ1) is 15.3. The van der Waals surface area contributed by atoms with Gasteiger partial charge in [0.25, 0.3) is 0 Å². The molecule has 2 aromatic rings. The minimum atomic E-state index is -0.167. The van der Waals surface area contributed by atoms with Crippen molar-refractivity contribution in [3.63, 3.8) is 0 Å². The Kier molecular flexibility index (Phi) is 4.41. The van der Waals surface area contributed by atoms with Gasteiger partial charge in [-0.2, -0.15) is 0 Å². The van der Waals surface area contributed by atoms with E-state index in [0.717, 1.165) is 16.6 Å². The van der Waals surface area contributed by atoms with E-state index < -0.39 is 0 Å². The highest BCUT2D eigenvalue weighted by atomic mass is 16.2. The zero-order valence-electron chi connectivity index (χ0n) is 13.1. The molecule has 0 aliphatic carbocycles. The average Bonchev–Trinajstić information content (AvgIpc) is 3.05. The number of urea groups is 1. The summed E-state index contributed by atoms with van der Waals surface area (Å²) in [6.45, 7) is 3.58. The number of likely N-dealkylation sites (tertiary alicyclic amines) is 1. The number of nitrogens with one attached hydrogen (secondary N) is 2. The Morgan fingerprint density at radius 2 is 2.22 bits per heavy atom. The van der Waals surface area contributed by atoms with Gasteiger partial charge in [-0.15, -0.1) is 0 Å². The summed E-state index contributed by atoms with van der Waals surface area (Å²) in [5.74, 6) is -0.0823. The molecule has 1 aromatic carbocycles. The monoisotopic (exact) mass is 312 g/mol. The summed E-state index contributed by atoms with van der Waals surface area (Å²) < 4.78 is 0. The first-order chi connectivity index (χ1) is 11.2. The van der Waals surface area contributed by atoms with Crippen molar-refractivity contribution in [2.75, 3.05) is 25.0 Å². The topological polar surface area (TPSA) is 74.3 Å². The van der Waals surface area contributed by atoms with Crippen LogP contribution in [0.25, 0.3) is 10.9 Å². The molecule has 0 radical (unpaired) electrons. The molecule has 3 amide bonds. The number of fused-ring (bicyclic) bond motifs is 1. The highest BCUT2D eigenvalue weighted by molar-refractivity contribution is 5.93. The Bertz CT molecular complexity index is 731. The van der Waals surface area contributed by atoms with E-state index in [1.165, 1.54) is 0 Å². The quantitative estimate of drug-likeness (QED) is 0.912. The Morgan fingerprint density at radius 3 is 3.04 bits per heavy atom. The summed E-state index contributed by atoms with van der Waals surface area (Å²) >= 11 is 0. The highest BCUT2D eigenvalue weighted by Gasteiger charge is 2.30. The molecule has 0 bridgehead atoms. The number of amides is 3. The lowest BCUT2D eigenvalue weighted by Gasteiger charge is -2.17. The number of carbonyl (C=O) groups excluding carboxylic acids is 2. The summed E-state index contributed by atoms with van der Waals surface area (Å²) in [6.07, 6.45) is 2.45. The van der Waals surface area contributed by atoms with Crippen molar-refractivity contribution in [3.05, 3.63) is 36.5 Å². The molecule has 0 unspecified atom stereocenters. The van der Waals surface area contributed by atoms with Gasteiger partial charge in [-0.1, -0.05) is 6.07 Å². The second-order valence-electron chi connectivity index (χ2n) is 5.67. The van der Waals surface area contributed by atoms with Crippen molar-refractivity contribution >= 4 is 28.5 Å². The molecule has 0 saturated carbocycles. The van der Waals surface area contributed by atoms with E-state index in [1.54, 1.807) is 11.1 Å². The van der Waals surface area contributed by atoms with Gasteiger partial charge in [0.15, 0.2) is 0 Å². The molecular formula is C17H20N4O2. The minimum absolute atomic E-state index is 0.0274. The molecule has 1 aliphatic heterocycles. The van der Waals surface area contributed by atoms with Crippen molar-refractivity contribution in [1.29, 1.82) is 0 Å². The van der Waals surface area contributed by atoms with Gasteiger partial charge in [-0.25, -0.2) is 4.79 Å². The molecule has 2 N–H and O–H groups in total. The second-order valence-corrected chi connectivity index (χ2v) is 5.67. The van der Waals surface area contributed by atoms with Crippen LogP contribution in [0.15, 0.2) is 36.5 Å². The van der Waals surface area contributed by atoms with Gasteiger partial charge in [0.05, 0.1) is 11.4 Å². The molecular weight excluding hydrogens is 292 g/mol. The first-order valence-corrected chi connectivity index (χ1v) is 7.86. The molecule has 1 aromatic heterocycles. The summed E-state index contributed by atoms with van der Waals surface area (Å²) in [4.78, 5) is 30.1. The number of pyridine rings is 1. The normalized spacial score (nSPS) is 17.3. The first-order valence-electron chi connectivity index (χ1n) is 7.86. The average molecular weight is 312 g/mol. The maximum absolute atomic E-state index is 12.3. The smallest absolute Gasteiger partial charge is 0.321 e. The number of nitrogens with zero attached hydrogens (tertiary/aromatic N) is 2. The highest BCUT2D eigenvalue weighted by Crippen LogP contribution is 2.20. The molecule has 1 atom stereocenters. The molecule has 120 valence electrons. The van der Waals surface area contributed by atoms with Crippen LogP contribution < -0.4 is 10.6 Å². The van der Waals surface area contributed by atoms with Crippen molar-refractivity contribution in [1.82, 2.24) is 15.2 Å². The van der Waals surface area contributed by atoms with Gasteiger partial charge in [0.2, 0.25) is 5.91 Å². The van der Waals surface area contributed by atoms with Crippen molar-refractivity contribution in [2.45, 2.75) is 13.3 Å². The summed E-state index contributed by atoms with van der Waals surface area (Å²) in [5, 5.41) is 6.69. The molecule has 0 spiro atoms. The Labute approximate surface area is 134 Å². The van der Waals surface area contributed by atoms with Crippen molar-refractivity contribution in [3.8, 4) is 0 Å². The molecule has 1 saturated heterocycles. The van der Waals surface area contributed by atoms with Crippen LogP contribution >= 0.6 is 0 Å².